The van der Waals surface area contributed by atoms with E-state index in [4.69, 9.17) is 9.47 Å². The summed E-state index contributed by atoms with van der Waals surface area (Å²) in [5.74, 6) is 0.214. The number of nitrogens with one attached hydrogen (secondary N) is 3. The van der Waals surface area contributed by atoms with Gasteiger partial charge in [-0.1, -0.05) is 19.9 Å². The van der Waals surface area contributed by atoms with Crippen LogP contribution in [0.4, 0.5) is 27.9 Å². The molecule has 2 heterocycles. The Morgan fingerprint density at radius 3 is 2.71 bits per heavy atom. The van der Waals surface area contributed by atoms with E-state index in [0.717, 1.165) is 19.4 Å². The summed E-state index contributed by atoms with van der Waals surface area (Å²) in [5, 5.41) is 9.19. The number of methoxy groups -OCH3 is 1. The zero-order chi connectivity index (χ0) is 22.2. The van der Waals surface area contributed by atoms with Crippen LogP contribution in [0.5, 0.6) is 0 Å². The van der Waals surface area contributed by atoms with Crippen LogP contribution in [-0.2, 0) is 14.3 Å². The third-order valence-corrected chi connectivity index (χ3v) is 4.72. The van der Waals surface area contributed by atoms with Crippen molar-refractivity contribution >= 4 is 29.5 Å². The fourth-order valence-corrected chi connectivity index (χ4v) is 3.26. The normalized spacial score (nSPS) is 16.7. The first-order valence-corrected chi connectivity index (χ1v) is 10.4. The van der Waals surface area contributed by atoms with Crippen molar-refractivity contribution in [3.05, 3.63) is 30.1 Å². The van der Waals surface area contributed by atoms with Gasteiger partial charge in [0.2, 0.25) is 17.8 Å². The number of carbonyl (C=O) groups is 1. The SMILES string of the molecule is COC(=O)[C@H](CC(C)C)Nc1nc(NCC2CCCO2)nc(Nc2cccc(F)c2)n1. The highest BCUT2D eigenvalue weighted by atomic mass is 19.1. The molecule has 1 unspecified atom stereocenters. The van der Waals surface area contributed by atoms with Crippen molar-refractivity contribution in [2.24, 2.45) is 5.92 Å². The third kappa shape index (κ3) is 7.02. The number of rotatable bonds is 10. The van der Waals surface area contributed by atoms with Crippen LogP contribution in [-0.4, -0.2) is 53.3 Å². The van der Waals surface area contributed by atoms with Crippen LogP contribution in [0.15, 0.2) is 24.3 Å². The van der Waals surface area contributed by atoms with E-state index in [2.05, 4.69) is 30.9 Å². The first-order valence-electron chi connectivity index (χ1n) is 10.4. The van der Waals surface area contributed by atoms with E-state index in [1.54, 1.807) is 12.1 Å². The molecule has 1 aliphatic rings. The summed E-state index contributed by atoms with van der Waals surface area (Å²) in [6.45, 7) is 5.32. The minimum atomic E-state index is -0.611. The van der Waals surface area contributed by atoms with E-state index >= 15 is 0 Å². The lowest BCUT2D eigenvalue weighted by atomic mass is 10.0. The van der Waals surface area contributed by atoms with Crippen LogP contribution in [0.3, 0.4) is 0 Å². The molecule has 31 heavy (non-hydrogen) atoms. The molecule has 3 N–H and O–H groups in total. The van der Waals surface area contributed by atoms with E-state index in [-0.39, 0.29) is 29.7 Å². The highest BCUT2D eigenvalue weighted by Gasteiger charge is 2.22. The first-order chi connectivity index (χ1) is 14.9. The molecule has 0 spiro atoms. The Hall–Kier alpha value is -3.01. The summed E-state index contributed by atoms with van der Waals surface area (Å²) in [4.78, 5) is 25.3. The van der Waals surface area contributed by atoms with Gasteiger partial charge in [0, 0.05) is 18.8 Å². The molecular formula is C21H29FN6O3. The Balaban J connectivity index is 1.82. The Kier molecular flexibility index (Phi) is 7.94. The zero-order valence-electron chi connectivity index (χ0n) is 18.0. The van der Waals surface area contributed by atoms with Crippen LogP contribution in [0.1, 0.15) is 33.1 Å². The van der Waals surface area contributed by atoms with E-state index in [1.165, 1.54) is 19.2 Å². The second-order valence-electron chi connectivity index (χ2n) is 7.81. The lowest BCUT2D eigenvalue weighted by Crippen LogP contribution is -2.33. The monoisotopic (exact) mass is 432 g/mol. The summed E-state index contributed by atoms with van der Waals surface area (Å²) in [7, 11) is 1.34. The van der Waals surface area contributed by atoms with Crippen LogP contribution in [0.25, 0.3) is 0 Å². The largest absolute Gasteiger partial charge is 0.467 e. The van der Waals surface area contributed by atoms with E-state index < -0.39 is 12.0 Å². The van der Waals surface area contributed by atoms with Crippen molar-refractivity contribution in [1.29, 1.82) is 0 Å². The smallest absolute Gasteiger partial charge is 0.328 e. The molecule has 9 nitrogen and oxygen atoms in total. The number of esters is 1. The summed E-state index contributed by atoms with van der Waals surface area (Å²) < 4.78 is 24.1. The molecule has 2 atom stereocenters. The number of hydrogen-bond donors (Lipinski definition) is 3. The second kappa shape index (κ2) is 10.9. The molecule has 1 aromatic carbocycles. The van der Waals surface area contributed by atoms with Gasteiger partial charge in [-0.15, -0.1) is 0 Å². The summed E-state index contributed by atoms with van der Waals surface area (Å²) in [6.07, 6.45) is 2.63. The van der Waals surface area contributed by atoms with Gasteiger partial charge < -0.3 is 25.4 Å². The van der Waals surface area contributed by atoms with Gasteiger partial charge in [0.15, 0.2) is 0 Å². The van der Waals surface area contributed by atoms with Gasteiger partial charge >= 0.3 is 5.97 Å². The van der Waals surface area contributed by atoms with Crippen molar-refractivity contribution in [2.45, 2.75) is 45.3 Å². The molecule has 1 aromatic heterocycles. The van der Waals surface area contributed by atoms with Gasteiger partial charge in [-0.05, 0) is 43.4 Å². The molecule has 0 amide bonds. The first kappa shape index (κ1) is 22.7. The number of benzene rings is 1. The van der Waals surface area contributed by atoms with Crippen molar-refractivity contribution in [2.75, 3.05) is 36.2 Å². The molecule has 10 heteroatoms. The van der Waals surface area contributed by atoms with Crippen LogP contribution in [0, 0.1) is 11.7 Å². The predicted molar refractivity (Wildman–Crippen MR) is 116 cm³/mol. The Labute approximate surface area is 181 Å². The maximum absolute atomic E-state index is 13.6. The maximum atomic E-state index is 13.6. The van der Waals surface area contributed by atoms with Crippen LogP contribution in [0.2, 0.25) is 0 Å². The van der Waals surface area contributed by atoms with Gasteiger partial charge in [-0.25, -0.2) is 9.18 Å². The van der Waals surface area contributed by atoms with Crippen molar-refractivity contribution in [1.82, 2.24) is 15.0 Å². The molecule has 0 bridgehead atoms. The van der Waals surface area contributed by atoms with Gasteiger partial charge in [-0.2, -0.15) is 15.0 Å². The highest BCUT2D eigenvalue weighted by Crippen LogP contribution is 2.19. The molecule has 1 aliphatic heterocycles. The fourth-order valence-electron chi connectivity index (χ4n) is 3.26. The third-order valence-electron chi connectivity index (χ3n) is 4.72. The van der Waals surface area contributed by atoms with Gasteiger partial charge in [0.25, 0.3) is 0 Å². The quantitative estimate of drug-likeness (QED) is 0.487. The number of anilines is 4. The van der Waals surface area contributed by atoms with Gasteiger partial charge in [-0.3, -0.25) is 0 Å². The van der Waals surface area contributed by atoms with Gasteiger partial charge in [0.1, 0.15) is 11.9 Å². The molecule has 2 aromatic rings. The molecule has 168 valence electrons. The van der Waals surface area contributed by atoms with Crippen LogP contribution < -0.4 is 16.0 Å². The standard InChI is InChI=1S/C21H29FN6O3/c1-13(2)10-17(18(29)30-3)25-21-27-19(23-12-16-8-5-9-31-16)26-20(28-21)24-15-7-4-6-14(22)11-15/h4,6-7,11,13,16-17H,5,8-10,12H2,1-3H3,(H3,23,24,25,26,27,28)/t16?,17-/m0/s1. The number of hydrogen-bond acceptors (Lipinski definition) is 9. The molecule has 0 saturated carbocycles. The Morgan fingerprint density at radius 1 is 1.26 bits per heavy atom. The lowest BCUT2D eigenvalue weighted by molar-refractivity contribution is -0.141. The molecule has 0 aliphatic carbocycles. The zero-order valence-corrected chi connectivity index (χ0v) is 18.0. The average Bonchev–Trinajstić information content (AvgIpc) is 3.24. The lowest BCUT2D eigenvalue weighted by Gasteiger charge is -2.19. The number of aromatic nitrogens is 3. The minimum absolute atomic E-state index is 0.0940. The number of halogens is 1. The fraction of sp³-hybridized carbons (Fsp3) is 0.524. The van der Waals surface area contributed by atoms with Crippen molar-refractivity contribution < 1.29 is 18.7 Å². The number of carbonyl (C=O) groups excluding carboxylic acids is 1. The summed E-state index contributed by atoms with van der Waals surface area (Å²) in [6, 6.07) is 5.37. The average molecular weight is 433 g/mol. The topological polar surface area (TPSA) is 110 Å². The molecule has 3 rings (SSSR count). The van der Waals surface area contributed by atoms with Gasteiger partial charge in [0.05, 0.1) is 13.2 Å². The highest BCUT2D eigenvalue weighted by molar-refractivity contribution is 5.78. The Morgan fingerprint density at radius 2 is 2.03 bits per heavy atom. The molecule has 0 radical (unpaired) electrons. The second-order valence-corrected chi connectivity index (χ2v) is 7.81. The summed E-state index contributed by atoms with van der Waals surface area (Å²) >= 11 is 0. The molecule has 1 fully saturated rings. The number of ether oxygens (including phenoxy) is 2. The van der Waals surface area contributed by atoms with Crippen molar-refractivity contribution in [3.63, 3.8) is 0 Å². The van der Waals surface area contributed by atoms with E-state index in [0.29, 0.717) is 24.6 Å². The Bertz CT molecular complexity index is 876. The van der Waals surface area contributed by atoms with E-state index in [1.807, 2.05) is 13.8 Å². The predicted octanol–water partition coefficient (Wildman–Crippen LogP) is 3.34. The summed E-state index contributed by atoms with van der Waals surface area (Å²) in [5.41, 5.74) is 0.494. The minimum Gasteiger partial charge on any atom is -0.467 e. The number of nitrogens with zero attached hydrogens (tertiary/aromatic N) is 3. The van der Waals surface area contributed by atoms with Crippen LogP contribution >= 0.6 is 0 Å². The van der Waals surface area contributed by atoms with E-state index in [9.17, 15) is 9.18 Å². The maximum Gasteiger partial charge on any atom is 0.328 e. The van der Waals surface area contributed by atoms with Crippen molar-refractivity contribution in [3.8, 4) is 0 Å². The molecular weight excluding hydrogens is 403 g/mol. The molecule has 1 saturated heterocycles.